The number of benzene rings is 1. The Labute approximate surface area is 178 Å². The lowest BCUT2D eigenvalue weighted by molar-refractivity contribution is 0.0940. The maximum Gasteiger partial charge on any atom is 0.257 e. The van der Waals surface area contributed by atoms with E-state index < -0.39 is 0 Å². The molecule has 1 amide bonds. The molecule has 3 aromatic rings. The lowest BCUT2D eigenvalue weighted by atomic mass is 10.0. The summed E-state index contributed by atoms with van der Waals surface area (Å²) in [5, 5.41) is 3.11. The van der Waals surface area contributed by atoms with Gasteiger partial charge >= 0.3 is 0 Å². The molecule has 30 heavy (non-hydrogen) atoms. The number of aromatic nitrogens is 3. The molecule has 1 aromatic carbocycles. The molecule has 0 spiro atoms. The third-order valence-corrected chi connectivity index (χ3v) is 5.34. The Bertz CT molecular complexity index is 1010. The maximum atomic E-state index is 13.2. The molecule has 3 N–H and O–H groups in total. The minimum absolute atomic E-state index is 0.0657. The van der Waals surface area contributed by atoms with E-state index in [1.807, 2.05) is 35.8 Å². The summed E-state index contributed by atoms with van der Waals surface area (Å²) in [5.41, 5.74) is 9.59. The first-order valence-corrected chi connectivity index (χ1v) is 10.8. The van der Waals surface area contributed by atoms with E-state index in [2.05, 4.69) is 19.2 Å². The summed E-state index contributed by atoms with van der Waals surface area (Å²) in [6.07, 6.45) is 3.94. The number of amides is 1. The van der Waals surface area contributed by atoms with Gasteiger partial charge < -0.3 is 20.4 Å². The van der Waals surface area contributed by atoms with Crippen molar-refractivity contribution in [2.45, 2.75) is 59.0 Å². The van der Waals surface area contributed by atoms with Crippen LogP contribution in [0, 0.1) is 5.92 Å². The molecule has 0 saturated carbocycles. The van der Waals surface area contributed by atoms with E-state index in [1.165, 1.54) is 0 Å². The van der Waals surface area contributed by atoms with Gasteiger partial charge in [0.15, 0.2) is 5.65 Å². The van der Waals surface area contributed by atoms with Crippen LogP contribution in [0.4, 0.5) is 5.82 Å². The molecule has 0 aliphatic carbocycles. The van der Waals surface area contributed by atoms with Gasteiger partial charge in [-0.2, -0.15) is 0 Å². The number of ether oxygens (including phenoxy) is 1. The molecule has 2 aromatic heterocycles. The zero-order valence-corrected chi connectivity index (χ0v) is 18.4. The number of carbonyl (C=O) groups is 1. The van der Waals surface area contributed by atoms with Gasteiger partial charge in [-0.1, -0.05) is 38.8 Å². The van der Waals surface area contributed by atoms with Crippen LogP contribution in [0.5, 0.6) is 0 Å². The second-order valence-corrected chi connectivity index (χ2v) is 8.34. The second-order valence-electron chi connectivity index (χ2n) is 8.34. The van der Waals surface area contributed by atoms with Crippen molar-refractivity contribution >= 4 is 33.9 Å². The molecule has 7 heteroatoms. The highest BCUT2D eigenvalue weighted by atomic mass is 16.5. The molecule has 0 fully saturated rings. The first-order chi connectivity index (χ1) is 14.4. The Kier molecular flexibility index (Phi) is 7.26. The number of rotatable bonds is 10. The molecule has 162 valence electrons. The predicted molar refractivity (Wildman–Crippen MR) is 122 cm³/mol. The molecule has 0 radical (unpaired) electrons. The van der Waals surface area contributed by atoms with Crippen molar-refractivity contribution in [3.63, 3.8) is 0 Å². The first-order valence-electron chi connectivity index (χ1n) is 10.8. The van der Waals surface area contributed by atoms with Crippen molar-refractivity contribution in [3.05, 3.63) is 29.8 Å². The highest BCUT2D eigenvalue weighted by molar-refractivity contribution is 6.10. The number of hydrogen-bond acceptors (Lipinski definition) is 5. The number of para-hydroxylation sites is 2. The number of aryl methyl sites for hydroxylation is 1. The van der Waals surface area contributed by atoms with Crippen molar-refractivity contribution in [2.75, 3.05) is 19.5 Å². The van der Waals surface area contributed by atoms with Crippen molar-refractivity contribution in [1.29, 1.82) is 0 Å². The standard InChI is InChI=1S/C23H33N5O2/c1-15(2)9-7-10-16(3)25-23(29)19-20-22(28(21(19)24)13-8-14-30-4)27-18-12-6-5-11-17(18)26-20/h5-6,11-12,15-16H,7-10,13-14,24H2,1-4H3,(H,25,29). The van der Waals surface area contributed by atoms with Crippen LogP contribution in [0.15, 0.2) is 24.3 Å². The van der Waals surface area contributed by atoms with Crippen LogP contribution in [-0.2, 0) is 11.3 Å². The minimum atomic E-state index is -0.190. The Morgan fingerprint density at radius 2 is 1.83 bits per heavy atom. The zero-order chi connectivity index (χ0) is 21.7. The molecule has 0 aliphatic rings. The third-order valence-electron chi connectivity index (χ3n) is 5.34. The summed E-state index contributed by atoms with van der Waals surface area (Å²) in [6, 6.07) is 7.73. The van der Waals surface area contributed by atoms with Gasteiger partial charge in [-0.25, -0.2) is 9.97 Å². The number of hydrogen-bond donors (Lipinski definition) is 2. The summed E-state index contributed by atoms with van der Waals surface area (Å²) in [7, 11) is 1.67. The van der Waals surface area contributed by atoms with Crippen LogP contribution < -0.4 is 11.1 Å². The molecule has 7 nitrogen and oxygen atoms in total. The van der Waals surface area contributed by atoms with Gasteiger partial charge in [0.05, 0.1) is 11.0 Å². The number of methoxy groups -OCH3 is 1. The van der Waals surface area contributed by atoms with Gasteiger partial charge in [-0.05, 0) is 37.8 Å². The molecule has 1 atom stereocenters. The molecule has 0 aliphatic heterocycles. The summed E-state index contributed by atoms with van der Waals surface area (Å²) in [6.45, 7) is 7.68. The summed E-state index contributed by atoms with van der Waals surface area (Å²) in [4.78, 5) is 22.7. The molecule has 1 unspecified atom stereocenters. The number of nitrogens with two attached hydrogens (primary N) is 1. The smallest absolute Gasteiger partial charge is 0.257 e. The van der Waals surface area contributed by atoms with Gasteiger partial charge in [0.25, 0.3) is 5.91 Å². The Morgan fingerprint density at radius 1 is 1.13 bits per heavy atom. The van der Waals surface area contributed by atoms with Crippen molar-refractivity contribution < 1.29 is 9.53 Å². The topological polar surface area (TPSA) is 95.1 Å². The van der Waals surface area contributed by atoms with E-state index in [1.54, 1.807) is 7.11 Å². The monoisotopic (exact) mass is 411 g/mol. The van der Waals surface area contributed by atoms with Gasteiger partial charge in [-0.15, -0.1) is 0 Å². The number of nitrogens with zero attached hydrogens (tertiary/aromatic N) is 3. The fourth-order valence-electron chi connectivity index (χ4n) is 3.73. The van der Waals surface area contributed by atoms with Crippen LogP contribution in [-0.4, -0.2) is 40.2 Å². The Balaban J connectivity index is 1.94. The number of carbonyl (C=O) groups excluding carboxylic acids is 1. The van der Waals surface area contributed by atoms with E-state index in [0.29, 0.717) is 41.6 Å². The van der Waals surface area contributed by atoms with Gasteiger partial charge in [-0.3, -0.25) is 4.79 Å². The summed E-state index contributed by atoms with van der Waals surface area (Å²) >= 11 is 0. The van der Waals surface area contributed by atoms with E-state index in [0.717, 1.165) is 36.7 Å². The van der Waals surface area contributed by atoms with Gasteiger partial charge in [0.2, 0.25) is 0 Å². The zero-order valence-electron chi connectivity index (χ0n) is 18.4. The van der Waals surface area contributed by atoms with E-state index in [9.17, 15) is 4.79 Å². The largest absolute Gasteiger partial charge is 0.385 e. The molecular formula is C23H33N5O2. The van der Waals surface area contributed by atoms with Crippen LogP contribution in [0.25, 0.3) is 22.2 Å². The average Bonchev–Trinajstić information content (AvgIpc) is 2.97. The van der Waals surface area contributed by atoms with Crippen LogP contribution in [0.1, 0.15) is 56.8 Å². The number of anilines is 1. The van der Waals surface area contributed by atoms with E-state index in [-0.39, 0.29) is 11.9 Å². The van der Waals surface area contributed by atoms with Crippen LogP contribution in [0.2, 0.25) is 0 Å². The van der Waals surface area contributed by atoms with Gasteiger partial charge in [0.1, 0.15) is 16.9 Å². The fourth-order valence-corrected chi connectivity index (χ4v) is 3.73. The molecule has 0 bridgehead atoms. The average molecular weight is 412 g/mol. The lowest BCUT2D eigenvalue weighted by Gasteiger charge is -2.14. The third kappa shape index (κ3) is 4.90. The number of fused-ring (bicyclic) bond motifs is 2. The van der Waals surface area contributed by atoms with Crippen molar-refractivity contribution in [2.24, 2.45) is 5.92 Å². The molecular weight excluding hydrogens is 378 g/mol. The molecule has 2 heterocycles. The quantitative estimate of drug-likeness (QED) is 0.489. The SMILES string of the molecule is COCCCn1c(N)c(C(=O)NC(C)CCCC(C)C)c2nc3ccccc3nc21. The Morgan fingerprint density at radius 3 is 2.50 bits per heavy atom. The lowest BCUT2D eigenvalue weighted by Crippen LogP contribution is -2.33. The van der Waals surface area contributed by atoms with E-state index in [4.69, 9.17) is 20.4 Å². The molecule has 3 rings (SSSR count). The predicted octanol–water partition coefficient (Wildman–Crippen LogP) is 4.15. The summed E-state index contributed by atoms with van der Waals surface area (Å²) < 4.78 is 7.06. The van der Waals surface area contributed by atoms with Crippen LogP contribution in [0.3, 0.4) is 0 Å². The highest BCUT2D eigenvalue weighted by Crippen LogP contribution is 2.28. The summed E-state index contributed by atoms with van der Waals surface area (Å²) in [5.74, 6) is 0.880. The number of nitrogen functional groups attached to an aromatic ring is 1. The second kappa shape index (κ2) is 9.89. The van der Waals surface area contributed by atoms with Crippen molar-refractivity contribution in [1.82, 2.24) is 19.9 Å². The first kappa shape index (κ1) is 22.0. The minimum Gasteiger partial charge on any atom is -0.385 e. The molecule has 0 saturated heterocycles. The van der Waals surface area contributed by atoms with E-state index >= 15 is 0 Å². The van der Waals surface area contributed by atoms with Crippen molar-refractivity contribution in [3.8, 4) is 0 Å². The van der Waals surface area contributed by atoms with Crippen LogP contribution >= 0.6 is 0 Å². The normalized spacial score (nSPS) is 12.7. The highest BCUT2D eigenvalue weighted by Gasteiger charge is 2.24. The maximum absolute atomic E-state index is 13.2. The fraction of sp³-hybridized carbons (Fsp3) is 0.522. The number of nitrogens with one attached hydrogen (secondary N) is 1. The van der Waals surface area contributed by atoms with Gasteiger partial charge in [0, 0.05) is 26.3 Å². The Hall–Kier alpha value is -2.67.